The number of pyridine rings is 1. The summed E-state index contributed by atoms with van der Waals surface area (Å²) in [6.45, 7) is 0. The van der Waals surface area contributed by atoms with Crippen molar-refractivity contribution in [2.75, 3.05) is 11.5 Å². The molecule has 1 fully saturated rings. The number of rotatable bonds is 3. The molecule has 0 saturated carbocycles. The highest BCUT2D eigenvalue weighted by Crippen LogP contribution is 2.34. The van der Waals surface area contributed by atoms with Gasteiger partial charge in [-0.1, -0.05) is 36.4 Å². The summed E-state index contributed by atoms with van der Waals surface area (Å²) < 4.78 is 13.7. The molecule has 5 aromatic rings. The van der Waals surface area contributed by atoms with Gasteiger partial charge in [-0.15, -0.1) is 0 Å². The highest BCUT2D eigenvalue weighted by molar-refractivity contribution is 7.85. The van der Waals surface area contributed by atoms with E-state index in [2.05, 4.69) is 39.3 Å². The van der Waals surface area contributed by atoms with Gasteiger partial charge >= 0.3 is 0 Å². The molecular formula is C24H21N5OS. The molecule has 0 amide bonds. The summed E-state index contributed by atoms with van der Waals surface area (Å²) >= 11 is 0. The highest BCUT2D eigenvalue weighted by atomic mass is 32.2. The van der Waals surface area contributed by atoms with E-state index in [9.17, 15) is 4.21 Å². The largest absolute Gasteiger partial charge is 0.346 e. The van der Waals surface area contributed by atoms with Gasteiger partial charge in [0.25, 0.3) is 0 Å². The Morgan fingerprint density at radius 2 is 1.81 bits per heavy atom. The lowest BCUT2D eigenvalue weighted by Gasteiger charge is -2.21. The van der Waals surface area contributed by atoms with Crippen molar-refractivity contribution < 1.29 is 4.21 Å². The Bertz CT molecular complexity index is 1400. The van der Waals surface area contributed by atoms with E-state index in [0.717, 1.165) is 69.1 Å². The second-order valence-corrected chi connectivity index (χ2v) is 9.65. The molecule has 0 bridgehead atoms. The van der Waals surface area contributed by atoms with Gasteiger partial charge < -0.3 is 4.98 Å². The SMILES string of the molecule is O=S1CCC(c2nc3c(-c4ccc(-c5ccccc5)nc4)cnn3c3[nH]ccc23)CC1. The second-order valence-electron chi connectivity index (χ2n) is 7.95. The van der Waals surface area contributed by atoms with Crippen molar-refractivity contribution in [1.82, 2.24) is 24.6 Å². The van der Waals surface area contributed by atoms with Crippen molar-refractivity contribution in [2.24, 2.45) is 0 Å². The van der Waals surface area contributed by atoms with E-state index in [1.165, 1.54) is 0 Å². The van der Waals surface area contributed by atoms with Crippen LogP contribution in [-0.2, 0) is 10.8 Å². The predicted molar refractivity (Wildman–Crippen MR) is 123 cm³/mol. The van der Waals surface area contributed by atoms with Crippen molar-refractivity contribution in [2.45, 2.75) is 18.8 Å². The fraction of sp³-hybridized carbons (Fsp3) is 0.208. The van der Waals surface area contributed by atoms with Crippen LogP contribution in [0.4, 0.5) is 0 Å². The highest BCUT2D eigenvalue weighted by Gasteiger charge is 2.25. The van der Waals surface area contributed by atoms with Gasteiger partial charge in [0.2, 0.25) is 0 Å². The number of aromatic amines is 1. The molecule has 0 atom stereocenters. The summed E-state index contributed by atoms with van der Waals surface area (Å²) in [5.74, 6) is 1.82. The molecule has 1 aromatic carbocycles. The van der Waals surface area contributed by atoms with E-state index in [1.54, 1.807) is 0 Å². The third-order valence-electron chi connectivity index (χ3n) is 6.10. The number of nitrogens with zero attached hydrogens (tertiary/aromatic N) is 4. The normalized spacial score (nSPS) is 19.2. The molecule has 154 valence electrons. The van der Waals surface area contributed by atoms with Crippen LogP contribution in [0.5, 0.6) is 0 Å². The number of nitrogens with one attached hydrogen (secondary N) is 1. The Morgan fingerprint density at radius 1 is 0.968 bits per heavy atom. The molecule has 5 heterocycles. The van der Waals surface area contributed by atoms with Crippen molar-refractivity contribution in [3.63, 3.8) is 0 Å². The maximum atomic E-state index is 11.9. The number of fused-ring (bicyclic) bond motifs is 3. The lowest BCUT2D eigenvalue weighted by atomic mass is 9.96. The third-order valence-corrected chi connectivity index (χ3v) is 7.48. The maximum Gasteiger partial charge on any atom is 0.165 e. The van der Waals surface area contributed by atoms with Crippen LogP contribution in [0.2, 0.25) is 0 Å². The first-order valence-electron chi connectivity index (χ1n) is 10.5. The topological polar surface area (TPSA) is 75.9 Å². The van der Waals surface area contributed by atoms with E-state index in [4.69, 9.17) is 4.98 Å². The van der Waals surface area contributed by atoms with Gasteiger partial charge in [0.1, 0.15) is 5.65 Å². The number of aromatic nitrogens is 5. The zero-order valence-electron chi connectivity index (χ0n) is 16.9. The minimum Gasteiger partial charge on any atom is -0.346 e. The molecule has 6 rings (SSSR count). The smallest absolute Gasteiger partial charge is 0.165 e. The van der Waals surface area contributed by atoms with Gasteiger partial charge in [-0.2, -0.15) is 9.61 Å². The van der Waals surface area contributed by atoms with Crippen molar-refractivity contribution in [1.29, 1.82) is 0 Å². The van der Waals surface area contributed by atoms with Crippen LogP contribution in [0.15, 0.2) is 67.1 Å². The molecule has 4 aromatic heterocycles. The first-order chi connectivity index (χ1) is 15.3. The van der Waals surface area contributed by atoms with Crippen LogP contribution < -0.4 is 0 Å². The molecule has 0 unspecified atom stereocenters. The minimum absolute atomic E-state index is 0.322. The molecule has 1 aliphatic rings. The number of hydrogen-bond acceptors (Lipinski definition) is 4. The van der Waals surface area contributed by atoms with Crippen LogP contribution in [0.25, 0.3) is 39.1 Å². The monoisotopic (exact) mass is 427 g/mol. The Kier molecular flexibility index (Phi) is 4.42. The third kappa shape index (κ3) is 3.16. The minimum atomic E-state index is -0.692. The molecule has 0 spiro atoms. The summed E-state index contributed by atoms with van der Waals surface area (Å²) in [4.78, 5) is 13.1. The maximum absolute atomic E-state index is 11.9. The molecule has 0 aliphatic carbocycles. The number of hydrogen-bond donors (Lipinski definition) is 1. The van der Waals surface area contributed by atoms with Gasteiger partial charge in [0.05, 0.1) is 17.6 Å². The Morgan fingerprint density at radius 3 is 2.58 bits per heavy atom. The number of H-pyrrole nitrogens is 1. The van der Waals surface area contributed by atoms with E-state index < -0.39 is 10.8 Å². The predicted octanol–water partition coefficient (Wildman–Crippen LogP) is 4.57. The summed E-state index contributed by atoms with van der Waals surface area (Å²) in [6, 6.07) is 16.4. The quantitative estimate of drug-likeness (QED) is 0.458. The van der Waals surface area contributed by atoms with Crippen molar-refractivity contribution >= 4 is 27.5 Å². The van der Waals surface area contributed by atoms with Gasteiger partial charge in [-0.25, -0.2) is 4.98 Å². The summed E-state index contributed by atoms with van der Waals surface area (Å²) in [7, 11) is -0.692. The zero-order chi connectivity index (χ0) is 20.8. The average Bonchev–Trinajstić information content (AvgIpc) is 3.47. The van der Waals surface area contributed by atoms with E-state index >= 15 is 0 Å². The molecule has 0 radical (unpaired) electrons. The van der Waals surface area contributed by atoms with E-state index in [1.807, 2.05) is 47.4 Å². The fourth-order valence-corrected chi connectivity index (χ4v) is 5.74. The molecule has 31 heavy (non-hydrogen) atoms. The zero-order valence-corrected chi connectivity index (χ0v) is 17.7. The molecule has 7 heteroatoms. The Labute approximate surface area is 181 Å². The number of benzene rings is 1. The van der Waals surface area contributed by atoms with Gasteiger partial charge in [0.15, 0.2) is 5.65 Å². The Hall–Kier alpha value is -3.32. The summed E-state index contributed by atoms with van der Waals surface area (Å²) in [5.41, 5.74) is 6.84. The summed E-state index contributed by atoms with van der Waals surface area (Å²) in [6.07, 6.45) is 7.51. The van der Waals surface area contributed by atoms with Gasteiger partial charge in [-0.3, -0.25) is 9.19 Å². The first-order valence-corrected chi connectivity index (χ1v) is 12.0. The molecule has 1 saturated heterocycles. The van der Waals surface area contributed by atoms with Crippen LogP contribution in [0.1, 0.15) is 24.5 Å². The molecule has 6 nitrogen and oxygen atoms in total. The lowest BCUT2D eigenvalue weighted by Crippen LogP contribution is -2.18. The fourth-order valence-electron chi connectivity index (χ4n) is 4.45. The Balaban J connectivity index is 1.46. The standard InChI is InChI=1S/C24H21N5OS/c30-31-12-9-17(10-13-31)22-19-8-11-25-23(19)29-24(28-22)20(15-27-29)18-6-7-21(26-14-18)16-4-2-1-3-5-16/h1-8,11,14-15,17,25H,9-10,12-13H2. The molecule has 1 aliphatic heterocycles. The van der Waals surface area contributed by atoms with Crippen LogP contribution in [0, 0.1) is 0 Å². The van der Waals surface area contributed by atoms with Crippen LogP contribution in [-0.4, -0.2) is 40.3 Å². The first kappa shape index (κ1) is 18.4. The summed E-state index contributed by atoms with van der Waals surface area (Å²) in [5, 5.41) is 5.72. The van der Waals surface area contributed by atoms with E-state index in [0.29, 0.717) is 5.92 Å². The average molecular weight is 428 g/mol. The second kappa shape index (κ2) is 7.42. The van der Waals surface area contributed by atoms with Crippen molar-refractivity contribution in [3.05, 3.63) is 72.8 Å². The molecule has 1 N–H and O–H groups in total. The van der Waals surface area contributed by atoms with E-state index in [-0.39, 0.29) is 0 Å². The van der Waals surface area contributed by atoms with Crippen LogP contribution >= 0.6 is 0 Å². The van der Waals surface area contributed by atoms with Crippen molar-refractivity contribution in [3.8, 4) is 22.4 Å². The van der Waals surface area contributed by atoms with Gasteiger partial charge in [0, 0.05) is 62.7 Å². The van der Waals surface area contributed by atoms with Gasteiger partial charge in [-0.05, 0) is 25.0 Å². The van der Waals surface area contributed by atoms with Crippen LogP contribution in [0.3, 0.4) is 0 Å². The lowest BCUT2D eigenvalue weighted by molar-refractivity contribution is 0.597. The molecular weight excluding hydrogens is 406 g/mol.